The largest absolute Gasteiger partial charge is 0.463 e. The number of carbonyl (C=O) groups is 1. The van der Waals surface area contributed by atoms with Crippen LogP contribution in [-0.4, -0.2) is 41.5 Å². The summed E-state index contributed by atoms with van der Waals surface area (Å²) in [5, 5.41) is 13.3. The summed E-state index contributed by atoms with van der Waals surface area (Å²) in [7, 11) is 0. The van der Waals surface area contributed by atoms with Crippen LogP contribution < -0.4 is 0 Å². The first-order valence-electron chi connectivity index (χ1n) is 15.2. The van der Waals surface area contributed by atoms with Crippen LogP contribution in [0.2, 0.25) is 0 Å². The number of oxime groups is 1. The van der Waals surface area contributed by atoms with E-state index in [1.54, 1.807) is 6.92 Å². The Hall–Kier alpha value is -1.14. The van der Waals surface area contributed by atoms with E-state index in [0.717, 1.165) is 49.8 Å². The lowest BCUT2D eigenvalue weighted by molar-refractivity contribution is -0.289. The zero-order valence-electron chi connectivity index (χ0n) is 23.9. The van der Waals surface area contributed by atoms with Gasteiger partial charge >= 0.3 is 5.97 Å². The molecule has 0 amide bonds. The predicted molar refractivity (Wildman–Crippen MR) is 141 cm³/mol. The maximum Gasteiger partial charge on any atom is 0.302 e. The van der Waals surface area contributed by atoms with Gasteiger partial charge in [-0.1, -0.05) is 32.9 Å². The summed E-state index contributed by atoms with van der Waals surface area (Å²) >= 11 is 0. The molecule has 4 saturated carbocycles. The summed E-state index contributed by atoms with van der Waals surface area (Å²) in [5.41, 5.74) is 1.39. The van der Waals surface area contributed by atoms with Crippen LogP contribution in [-0.2, 0) is 19.0 Å². The summed E-state index contributed by atoms with van der Waals surface area (Å²) in [6, 6.07) is 0. The van der Waals surface area contributed by atoms with Crippen LogP contribution in [0.1, 0.15) is 99.3 Å². The highest BCUT2D eigenvalue weighted by molar-refractivity contribution is 5.85. The van der Waals surface area contributed by atoms with Gasteiger partial charge in [-0.3, -0.25) is 4.79 Å². The molecule has 0 aromatic heterocycles. The quantitative estimate of drug-likeness (QED) is 0.198. The number of carbonyl (C=O) groups excluding carboxylic acids is 1. The van der Waals surface area contributed by atoms with Crippen LogP contribution >= 0.6 is 0 Å². The van der Waals surface area contributed by atoms with Crippen LogP contribution in [0.15, 0.2) is 5.16 Å². The number of ether oxygens (including phenoxy) is 3. The van der Waals surface area contributed by atoms with Crippen molar-refractivity contribution in [3.8, 4) is 0 Å². The molecule has 6 heteroatoms. The highest BCUT2D eigenvalue weighted by Gasteiger charge is 2.71. The van der Waals surface area contributed by atoms with Crippen LogP contribution in [0.4, 0.5) is 0 Å². The summed E-state index contributed by atoms with van der Waals surface area (Å²) in [4.78, 5) is 11.6. The second kappa shape index (κ2) is 8.94. The van der Waals surface area contributed by atoms with E-state index in [-0.39, 0.29) is 35.4 Å². The lowest BCUT2D eigenvalue weighted by Gasteiger charge is -2.61. The van der Waals surface area contributed by atoms with Gasteiger partial charge in [0.1, 0.15) is 6.10 Å². The molecule has 0 aromatic carbocycles. The Morgan fingerprint density at radius 1 is 0.973 bits per heavy atom. The molecular weight excluding hydrogens is 466 g/mol. The van der Waals surface area contributed by atoms with Crippen molar-refractivity contribution < 1.29 is 24.2 Å². The molecule has 2 aliphatic heterocycles. The Morgan fingerprint density at radius 3 is 2.46 bits per heavy atom. The number of rotatable bonds is 2. The number of hydrogen-bond acceptors (Lipinski definition) is 6. The van der Waals surface area contributed by atoms with E-state index in [2.05, 4.69) is 32.9 Å². The zero-order chi connectivity index (χ0) is 26.3. The Bertz CT molecular complexity index is 952. The lowest BCUT2D eigenvalue weighted by atomic mass is 9.44. The summed E-state index contributed by atoms with van der Waals surface area (Å²) in [5.74, 6) is 3.38. The van der Waals surface area contributed by atoms with Gasteiger partial charge in [-0.15, -0.1) is 0 Å². The van der Waals surface area contributed by atoms with Crippen LogP contribution in [0.25, 0.3) is 0 Å². The van der Waals surface area contributed by atoms with Gasteiger partial charge in [0.05, 0.1) is 24.3 Å². The van der Waals surface area contributed by atoms with E-state index in [4.69, 9.17) is 14.2 Å². The van der Waals surface area contributed by atoms with Crippen molar-refractivity contribution in [1.29, 1.82) is 0 Å². The first-order chi connectivity index (χ1) is 17.5. The minimum Gasteiger partial charge on any atom is -0.463 e. The van der Waals surface area contributed by atoms with E-state index in [1.807, 2.05) is 6.92 Å². The van der Waals surface area contributed by atoms with Gasteiger partial charge < -0.3 is 19.4 Å². The van der Waals surface area contributed by atoms with Gasteiger partial charge in [-0.25, -0.2) is 0 Å². The first-order valence-corrected chi connectivity index (χ1v) is 15.2. The fraction of sp³-hybridized carbons (Fsp3) is 0.935. The van der Waals surface area contributed by atoms with Gasteiger partial charge in [-0.2, -0.15) is 0 Å². The molecule has 6 rings (SSSR count). The van der Waals surface area contributed by atoms with E-state index in [0.29, 0.717) is 29.1 Å². The zero-order valence-corrected chi connectivity index (χ0v) is 23.9. The smallest absolute Gasteiger partial charge is 0.302 e. The molecule has 37 heavy (non-hydrogen) atoms. The Balaban J connectivity index is 1.24. The SMILES string of the molecule is CC(=O)O[C@H]1CC[C@@]2(C)[C@H](CC[C@@H]3[C@@H]2CC[C@]2(C)[C@@H]4[C@H](C[C@@H]32)O[C@@]2(OC[C@@H](C)C[C@@H]2/C(C)=N/O)[C@H]4C)C1. The van der Waals surface area contributed by atoms with Crippen molar-refractivity contribution in [2.45, 2.75) is 117 Å². The third kappa shape index (κ3) is 3.70. The van der Waals surface area contributed by atoms with Crippen LogP contribution in [0.5, 0.6) is 0 Å². The van der Waals surface area contributed by atoms with Crippen molar-refractivity contribution in [3.63, 3.8) is 0 Å². The molecule has 2 saturated heterocycles. The average Bonchev–Trinajstić information content (AvgIpc) is 3.30. The second-order valence-corrected chi connectivity index (χ2v) is 14.6. The van der Waals surface area contributed by atoms with Crippen LogP contribution in [0, 0.1) is 58.2 Å². The predicted octanol–water partition coefficient (Wildman–Crippen LogP) is 6.44. The molecule has 0 unspecified atom stereocenters. The molecule has 4 aliphatic carbocycles. The van der Waals surface area contributed by atoms with Gasteiger partial charge in [0.2, 0.25) is 0 Å². The number of fused-ring (bicyclic) bond motifs is 7. The fourth-order valence-corrected chi connectivity index (χ4v) is 11.3. The Kier molecular flexibility index (Phi) is 6.31. The van der Waals surface area contributed by atoms with Crippen molar-refractivity contribution in [2.75, 3.05) is 6.61 Å². The maximum atomic E-state index is 11.6. The van der Waals surface area contributed by atoms with Crippen LogP contribution in [0.3, 0.4) is 0 Å². The van der Waals surface area contributed by atoms with Crippen molar-refractivity contribution in [3.05, 3.63) is 0 Å². The van der Waals surface area contributed by atoms with Crippen molar-refractivity contribution in [1.82, 2.24) is 0 Å². The third-order valence-corrected chi connectivity index (χ3v) is 12.9. The molecule has 1 N–H and O–H groups in total. The van der Waals surface area contributed by atoms with Gasteiger partial charge in [0.15, 0.2) is 5.79 Å². The van der Waals surface area contributed by atoms with E-state index >= 15 is 0 Å². The second-order valence-electron chi connectivity index (χ2n) is 14.6. The summed E-state index contributed by atoms with van der Waals surface area (Å²) < 4.78 is 19.4. The molecule has 0 bridgehead atoms. The number of nitrogens with zero attached hydrogens (tertiary/aromatic N) is 1. The molecule has 0 radical (unpaired) electrons. The standard InChI is InChI=1S/C31H49NO5/c1-17-13-25(19(3)32-34)31(35-16-17)18(2)28-27(37-31)15-26-23-8-7-21-14-22(36-20(4)33)9-11-29(21,5)24(23)10-12-30(26,28)6/h17-18,21-28,34H,7-16H2,1-6H3/b32-19+/t17-,18-,21+,22-,23+,24-,25+,26-,27-,28-,29-,30-,31-/m0/s1. The molecule has 1 spiro atoms. The first kappa shape index (κ1) is 26.1. The molecule has 6 fully saturated rings. The fourth-order valence-electron chi connectivity index (χ4n) is 11.3. The summed E-state index contributed by atoms with van der Waals surface area (Å²) in [6.45, 7) is 13.9. The van der Waals surface area contributed by atoms with Gasteiger partial charge in [0, 0.05) is 12.8 Å². The Labute approximate surface area is 223 Å². The Morgan fingerprint density at radius 2 is 1.73 bits per heavy atom. The minimum atomic E-state index is -0.651. The topological polar surface area (TPSA) is 77.4 Å². The number of hydrogen-bond donors (Lipinski definition) is 1. The van der Waals surface area contributed by atoms with Crippen molar-refractivity contribution in [2.24, 2.45) is 63.3 Å². The van der Waals surface area contributed by atoms with E-state index in [1.165, 1.54) is 32.1 Å². The maximum absolute atomic E-state index is 11.6. The molecule has 6 aliphatic rings. The molecule has 6 nitrogen and oxygen atoms in total. The summed E-state index contributed by atoms with van der Waals surface area (Å²) in [6.07, 6.45) is 10.9. The highest BCUT2D eigenvalue weighted by Crippen LogP contribution is 2.71. The monoisotopic (exact) mass is 515 g/mol. The molecule has 13 atom stereocenters. The van der Waals surface area contributed by atoms with E-state index < -0.39 is 5.79 Å². The third-order valence-electron chi connectivity index (χ3n) is 12.9. The average molecular weight is 516 g/mol. The van der Waals surface area contributed by atoms with Gasteiger partial charge in [0.25, 0.3) is 0 Å². The van der Waals surface area contributed by atoms with Crippen molar-refractivity contribution >= 4 is 11.7 Å². The molecular formula is C31H49NO5. The lowest BCUT2D eigenvalue weighted by Crippen LogP contribution is -2.57. The minimum absolute atomic E-state index is 0.0157. The highest BCUT2D eigenvalue weighted by atomic mass is 16.7. The van der Waals surface area contributed by atoms with E-state index in [9.17, 15) is 10.0 Å². The molecule has 208 valence electrons. The normalized spacial score (nSPS) is 55.2. The number of esters is 1. The van der Waals surface area contributed by atoms with Gasteiger partial charge in [-0.05, 0) is 111 Å². The molecule has 2 heterocycles. The molecule has 0 aromatic rings.